The van der Waals surface area contributed by atoms with Gasteiger partial charge in [0.05, 0.1) is 0 Å². The number of benzene rings is 4. The first-order valence-electron chi connectivity index (χ1n) is 10.9. The maximum absolute atomic E-state index is 13.6. The van der Waals surface area contributed by atoms with Crippen LogP contribution in [0.4, 0.5) is 17.2 Å². The molecule has 34 heavy (non-hydrogen) atoms. The minimum atomic E-state index is -0.301. The zero-order chi connectivity index (χ0) is 23.5. The molecule has 0 saturated heterocycles. The highest BCUT2D eigenvalue weighted by Crippen LogP contribution is 2.25. The number of carbonyl (C=O) groups is 2. The molecular formula is C28H22N4O2. The summed E-state index contributed by atoms with van der Waals surface area (Å²) in [6.07, 6.45) is 1.63. The van der Waals surface area contributed by atoms with Gasteiger partial charge in [-0.15, -0.1) is 0 Å². The monoisotopic (exact) mass is 446 g/mol. The van der Waals surface area contributed by atoms with Crippen molar-refractivity contribution >= 4 is 50.6 Å². The van der Waals surface area contributed by atoms with Crippen LogP contribution >= 0.6 is 0 Å². The second kappa shape index (κ2) is 9.03. The van der Waals surface area contributed by atoms with Gasteiger partial charge in [0.15, 0.2) is 0 Å². The van der Waals surface area contributed by atoms with Crippen molar-refractivity contribution in [3.63, 3.8) is 0 Å². The summed E-state index contributed by atoms with van der Waals surface area (Å²) in [5.41, 5.74) is 7.78. The lowest BCUT2D eigenvalue weighted by atomic mass is 10.1. The van der Waals surface area contributed by atoms with Crippen molar-refractivity contribution in [2.75, 3.05) is 22.5 Å². The maximum Gasteiger partial charge on any atom is 0.258 e. The number of anilines is 3. The van der Waals surface area contributed by atoms with E-state index in [1.165, 1.54) is 4.90 Å². The second-order valence-electron chi connectivity index (χ2n) is 7.93. The van der Waals surface area contributed by atoms with Gasteiger partial charge in [0.2, 0.25) is 5.91 Å². The van der Waals surface area contributed by atoms with E-state index in [2.05, 4.69) is 10.3 Å². The van der Waals surface area contributed by atoms with Crippen LogP contribution in [-0.4, -0.2) is 23.3 Å². The summed E-state index contributed by atoms with van der Waals surface area (Å²) in [6.45, 7) is -0.146. The van der Waals surface area contributed by atoms with E-state index in [0.29, 0.717) is 28.1 Å². The van der Waals surface area contributed by atoms with Crippen molar-refractivity contribution in [2.24, 2.45) is 0 Å². The Morgan fingerprint density at radius 2 is 1.53 bits per heavy atom. The van der Waals surface area contributed by atoms with E-state index in [1.807, 2.05) is 72.8 Å². The third-order valence-corrected chi connectivity index (χ3v) is 5.72. The van der Waals surface area contributed by atoms with Crippen LogP contribution in [-0.2, 0) is 4.79 Å². The lowest BCUT2D eigenvalue weighted by molar-refractivity contribution is -0.114. The van der Waals surface area contributed by atoms with E-state index in [9.17, 15) is 9.59 Å². The Morgan fingerprint density at radius 3 is 2.38 bits per heavy atom. The number of rotatable bonds is 5. The molecule has 0 aliphatic heterocycles. The van der Waals surface area contributed by atoms with Crippen molar-refractivity contribution < 1.29 is 9.59 Å². The van der Waals surface area contributed by atoms with Crippen LogP contribution in [0.2, 0.25) is 0 Å². The number of fused-ring (bicyclic) bond motifs is 2. The van der Waals surface area contributed by atoms with Gasteiger partial charge in [-0.25, -0.2) is 4.98 Å². The normalized spacial score (nSPS) is 10.8. The number of nitrogens with one attached hydrogen (secondary N) is 1. The van der Waals surface area contributed by atoms with Gasteiger partial charge in [0.25, 0.3) is 5.91 Å². The van der Waals surface area contributed by atoms with E-state index < -0.39 is 0 Å². The lowest BCUT2D eigenvalue weighted by Crippen LogP contribution is -2.38. The Morgan fingerprint density at radius 1 is 0.794 bits per heavy atom. The van der Waals surface area contributed by atoms with E-state index in [-0.39, 0.29) is 18.4 Å². The van der Waals surface area contributed by atoms with Gasteiger partial charge in [0.1, 0.15) is 12.4 Å². The molecule has 0 aliphatic carbocycles. The summed E-state index contributed by atoms with van der Waals surface area (Å²) in [5.74, 6) is -0.243. The van der Waals surface area contributed by atoms with Crippen LogP contribution in [0.3, 0.4) is 0 Å². The predicted octanol–water partition coefficient (Wildman–Crippen LogP) is 5.26. The molecule has 0 saturated carbocycles. The number of nitrogens with zero attached hydrogens (tertiary/aromatic N) is 2. The average Bonchev–Trinajstić information content (AvgIpc) is 2.88. The number of hydrogen-bond acceptors (Lipinski definition) is 4. The number of nitrogens with two attached hydrogens (primary N) is 1. The Labute approximate surface area is 196 Å². The number of amides is 2. The quantitative estimate of drug-likeness (QED) is 0.386. The van der Waals surface area contributed by atoms with Crippen molar-refractivity contribution in [1.82, 2.24) is 4.98 Å². The Bertz CT molecular complexity index is 1510. The van der Waals surface area contributed by atoms with Gasteiger partial charge in [-0.05, 0) is 47.2 Å². The molecule has 3 N–H and O–H groups in total. The van der Waals surface area contributed by atoms with Crippen LogP contribution < -0.4 is 16.0 Å². The summed E-state index contributed by atoms with van der Waals surface area (Å²) in [4.78, 5) is 32.3. The van der Waals surface area contributed by atoms with Gasteiger partial charge in [-0.3, -0.25) is 14.5 Å². The van der Waals surface area contributed by atoms with Gasteiger partial charge in [-0.2, -0.15) is 0 Å². The van der Waals surface area contributed by atoms with Gasteiger partial charge in [0, 0.05) is 33.9 Å². The third-order valence-electron chi connectivity index (χ3n) is 5.72. The number of hydrogen-bond donors (Lipinski definition) is 2. The molecule has 0 atom stereocenters. The highest BCUT2D eigenvalue weighted by molar-refractivity contribution is 6.12. The summed E-state index contributed by atoms with van der Waals surface area (Å²) >= 11 is 0. The van der Waals surface area contributed by atoms with Crippen molar-refractivity contribution in [2.45, 2.75) is 0 Å². The van der Waals surface area contributed by atoms with Crippen LogP contribution in [0.15, 0.2) is 103 Å². The molecule has 0 radical (unpaired) electrons. The fourth-order valence-corrected chi connectivity index (χ4v) is 4.04. The van der Waals surface area contributed by atoms with Crippen molar-refractivity contribution in [3.05, 3.63) is 109 Å². The minimum absolute atomic E-state index is 0.146. The molecule has 166 valence electrons. The summed E-state index contributed by atoms with van der Waals surface area (Å²) in [5, 5.41) is 6.52. The SMILES string of the molecule is Nc1nccc2ccc(C(=O)N(CC(=O)Nc3cccc4ccccc34)c3ccccc3)cc12. The number of aromatic nitrogens is 1. The van der Waals surface area contributed by atoms with E-state index in [0.717, 1.165) is 16.2 Å². The molecular weight excluding hydrogens is 424 g/mol. The first-order valence-corrected chi connectivity index (χ1v) is 10.9. The number of para-hydroxylation sites is 1. The predicted molar refractivity (Wildman–Crippen MR) is 137 cm³/mol. The fourth-order valence-electron chi connectivity index (χ4n) is 4.04. The van der Waals surface area contributed by atoms with Gasteiger partial charge >= 0.3 is 0 Å². The topological polar surface area (TPSA) is 88.3 Å². The molecule has 0 fully saturated rings. The van der Waals surface area contributed by atoms with E-state index in [4.69, 9.17) is 5.73 Å². The molecule has 1 aromatic heterocycles. The van der Waals surface area contributed by atoms with Crippen LogP contribution in [0.25, 0.3) is 21.5 Å². The van der Waals surface area contributed by atoms with Gasteiger partial charge in [-0.1, -0.05) is 60.7 Å². The molecule has 6 heteroatoms. The van der Waals surface area contributed by atoms with Gasteiger partial charge < -0.3 is 11.1 Å². The molecule has 1 heterocycles. The molecule has 0 aliphatic rings. The van der Waals surface area contributed by atoms with Crippen LogP contribution in [0.1, 0.15) is 10.4 Å². The first-order chi connectivity index (χ1) is 16.6. The summed E-state index contributed by atoms with van der Waals surface area (Å²) in [6, 6.07) is 29.8. The van der Waals surface area contributed by atoms with Crippen molar-refractivity contribution in [1.29, 1.82) is 0 Å². The lowest BCUT2D eigenvalue weighted by Gasteiger charge is -2.23. The van der Waals surface area contributed by atoms with Crippen molar-refractivity contribution in [3.8, 4) is 0 Å². The zero-order valence-corrected chi connectivity index (χ0v) is 18.3. The molecule has 0 unspecified atom stereocenters. The highest BCUT2D eigenvalue weighted by Gasteiger charge is 2.21. The fraction of sp³-hybridized carbons (Fsp3) is 0.0357. The minimum Gasteiger partial charge on any atom is -0.383 e. The highest BCUT2D eigenvalue weighted by atomic mass is 16.2. The molecule has 4 aromatic carbocycles. The second-order valence-corrected chi connectivity index (χ2v) is 7.93. The molecule has 2 amide bonds. The number of carbonyl (C=O) groups excluding carboxylic acids is 2. The summed E-state index contributed by atoms with van der Waals surface area (Å²) < 4.78 is 0. The first kappa shape index (κ1) is 21.2. The van der Waals surface area contributed by atoms with E-state index in [1.54, 1.807) is 30.5 Å². The number of nitrogen functional groups attached to an aromatic ring is 1. The molecule has 0 bridgehead atoms. The Balaban J connectivity index is 1.46. The smallest absolute Gasteiger partial charge is 0.258 e. The maximum atomic E-state index is 13.6. The molecule has 5 rings (SSSR count). The van der Waals surface area contributed by atoms with Crippen LogP contribution in [0, 0.1) is 0 Å². The molecule has 5 aromatic rings. The van der Waals surface area contributed by atoms with Crippen LogP contribution in [0.5, 0.6) is 0 Å². The zero-order valence-electron chi connectivity index (χ0n) is 18.3. The Hall–Kier alpha value is -4.71. The summed E-state index contributed by atoms with van der Waals surface area (Å²) in [7, 11) is 0. The molecule has 0 spiro atoms. The third kappa shape index (κ3) is 4.17. The number of pyridine rings is 1. The average molecular weight is 447 g/mol. The molecule has 6 nitrogen and oxygen atoms in total. The van der Waals surface area contributed by atoms with E-state index >= 15 is 0 Å². The standard InChI is InChI=1S/C28H22N4O2/c29-27-24-17-21(14-13-20(24)15-16-30-27)28(34)32(22-9-2-1-3-10-22)18-26(33)31-25-12-6-8-19-7-4-5-11-23(19)25/h1-17H,18H2,(H2,29,30)(H,31,33). The largest absolute Gasteiger partial charge is 0.383 e. The Kier molecular flexibility index (Phi) is 5.62.